The monoisotopic (exact) mass is 399 g/mol. The zero-order valence-corrected chi connectivity index (χ0v) is 14.4. The molecule has 1 unspecified atom stereocenters. The van der Waals surface area contributed by atoms with Gasteiger partial charge in [0.2, 0.25) is 0 Å². The molecule has 0 fully saturated rings. The van der Waals surface area contributed by atoms with E-state index in [0.29, 0.717) is 11.3 Å². The molecule has 0 saturated heterocycles. The largest absolute Gasteiger partial charge is 0.457 e. The molecule has 21 heavy (non-hydrogen) atoms. The molecule has 2 rings (SSSR count). The summed E-state index contributed by atoms with van der Waals surface area (Å²) in [5.41, 5.74) is 0.574. The standard InChI is InChI=1S/C17H19FINO/c1-3-10-20-12(2)17-15(18)8-5-9-16(17)21-14-7-4-6-13(19)11-14/h4-9,11-12,20H,3,10H2,1-2H3. The molecule has 0 radical (unpaired) electrons. The minimum absolute atomic E-state index is 0.0936. The summed E-state index contributed by atoms with van der Waals surface area (Å²) in [6, 6.07) is 12.6. The number of ether oxygens (including phenoxy) is 1. The van der Waals surface area contributed by atoms with Crippen LogP contribution in [0.3, 0.4) is 0 Å². The Hall–Kier alpha value is -1.14. The normalized spacial score (nSPS) is 12.2. The predicted octanol–water partition coefficient (Wildman–Crippen LogP) is 5.28. The lowest BCUT2D eigenvalue weighted by Gasteiger charge is -2.18. The van der Waals surface area contributed by atoms with Gasteiger partial charge in [-0.05, 0) is 72.8 Å². The molecule has 0 amide bonds. The molecule has 4 heteroatoms. The first-order valence-corrected chi connectivity index (χ1v) is 8.15. The van der Waals surface area contributed by atoms with E-state index in [-0.39, 0.29) is 11.9 Å². The zero-order valence-electron chi connectivity index (χ0n) is 12.2. The summed E-state index contributed by atoms with van der Waals surface area (Å²) in [6.07, 6.45) is 1.01. The maximum atomic E-state index is 14.2. The molecule has 1 N–H and O–H groups in total. The topological polar surface area (TPSA) is 21.3 Å². The van der Waals surface area contributed by atoms with E-state index in [0.717, 1.165) is 22.3 Å². The fourth-order valence-corrected chi connectivity index (χ4v) is 2.66. The molecule has 0 aromatic heterocycles. The zero-order chi connectivity index (χ0) is 15.2. The number of hydrogen-bond donors (Lipinski definition) is 1. The number of rotatable bonds is 6. The Labute approximate surface area is 138 Å². The highest BCUT2D eigenvalue weighted by Gasteiger charge is 2.16. The molecular weight excluding hydrogens is 380 g/mol. The van der Waals surface area contributed by atoms with Gasteiger partial charge < -0.3 is 10.1 Å². The van der Waals surface area contributed by atoms with E-state index in [4.69, 9.17) is 4.74 Å². The average molecular weight is 399 g/mol. The molecule has 0 heterocycles. The van der Waals surface area contributed by atoms with Gasteiger partial charge in [0.25, 0.3) is 0 Å². The fraction of sp³-hybridized carbons (Fsp3) is 0.294. The second kappa shape index (κ2) is 7.75. The van der Waals surface area contributed by atoms with Gasteiger partial charge >= 0.3 is 0 Å². The lowest BCUT2D eigenvalue weighted by molar-refractivity contribution is 0.445. The van der Waals surface area contributed by atoms with Crippen molar-refractivity contribution in [3.63, 3.8) is 0 Å². The molecule has 1 atom stereocenters. The summed E-state index contributed by atoms with van der Waals surface area (Å²) in [6.45, 7) is 4.89. The number of halogens is 2. The molecule has 0 aliphatic carbocycles. The summed E-state index contributed by atoms with van der Waals surface area (Å²) in [7, 11) is 0. The van der Waals surface area contributed by atoms with Crippen molar-refractivity contribution < 1.29 is 9.13 Å². The first-order chi connectivity index (χ1) is 10.1. The van der Waals surface area contributed by atoms with E-state index in [9.17, 15) is 4.39 Å². The Balaban J connectivity index is 2.28. The highest BCUT2D eigenvalue weighted by atomic mass is 127. The van der Waals surface area contributed by atoms with Gasteiger partial charge in [-0.1, -0.05) is 19.1 Å². The van der Waals surface area contributed by atoms with Gasteiger partial charge in [0.05, 0.1) is 0 Å². The summed E-state index contributed by atoms with van der Waals surface area (Å²) < 4.78 is 21.2. The van der Waals surface area contributed by atoms with Crippen molar-refractivity contribution in [2.45, 2.75) is 26.3 Å². The maximum absolute atomic E-state index is 14.2. The second-order valence-corrected chi connectivity index (χ2v) is 6.13. The Bertz CT molecular complexity index is 603. The van der Waals surface area contributed by atoms with Crippen LogP contribution in [0.25, 0.3) is 0 Å². The molecule has 112 valence electrons. The van der Waals surface area contributed by atoms with Crippen molar-refractivity contribution in [3.8, 4) is 11.5 Å². The third-order valence-electron chi connectivity index (χ3n) is 3.17. The molecule has 0 spiro atoms. The summed E-state index contributed by atoms with van der Waals surface area (Å²) >= 11 is 2.23. The van der Waals surface area contributed by atoms with Crippen LogP contribution >= 0.6 is 22.6 Å². The van der Waals surface area contributed by atoms with Crippen molar-refractivity contribution in [2.75, 3.05) is 6.54 Å². The Morgan fingerprint density at radius 3 is 2.71 bits per heavy atom. The van der Waals surface area contributed by atoms with Crippen molar-refractivity contribution in [1.29, 1.82) is 0 Å². The van der Waals surface area contributed by atoms with Gasteiger partial charge in [0, 0.05) is 15.2 Å². The molecule has 0 bridgehead atoms. The van der Waals surface area contributed by atoms with Crippen molar-refractivity contribution in [2.24, 2.45) is 0 Å². The third-order valence-corrected chi connectivity index (χ3v) is 3.84. The van der Waals surface area contributed by atoms with Crippen LogP contribution in [0.5, 0.6) is 11.5 Å². The average Bonchev–Trinajstić information content (AvgIpc) is 2.45. The van der Waals surface area contributed by atoms with Gasteiger partial charge in [0.1, 0.15) is 17.3 Å². The van der Waals surface area contributed by atoms with Gasteiger partial charge in [0.15, 0.2) is 0 Å². The quantitative estimate of drug-likeness (QED) is 0.668. The molecule has 2 nitrogen and oxygen atoms in total. The van der Waals surface area contributed by atoms with E-state index in [2.05, 4.69) is 34.8 Å². The third kappa shape index (κ3) is 4.41. The van der Waals surface area contributed by atoms with Crippen LogP contribution in [0.15, 0.2) is 42.5 Å². The van der Waals surface area contributed by atoms with Crippen LogP contribution in [0.4, 0.5) is 4.39 Å². The SMILES string of the molecule is CCCNC(C)c1c(F)cccc1Oc1cccc(I)c1. The minimum Gasteiger partial charge on any atom is -0.457 e. The molecule has 0 aliphatic rings. The summed E-state index contributed by atoms with van der Waals surface area (Å²) in [4.78, 5) is 0. The highest BCUT2D eigenvalue weighted by molar-refractivity contribution is 14.1. The smallest absolute Gasteiger partial charge is 0.135 e. The summed E-state index contributed by atoms with van der Waals surface area (Å²) in [5, 5.41) is 3.31. The number of benzene rings is 2. The molecule has 2 aromatic rings. The van der Waals surface area contributed by atoms with E-state index in [1.54, 1.807) is 6.07 Å². The van der Waals surface area contributed by atoms with E-state index >= 15 is 0 Å². The van der Waals surface area contributed by atoms with Crippen molar-refractivity contribution in [3.05, 3.63) is 57.4 Å². The lowest BCUT2D eigenvalue weighted by atomic mass is 10.1. The Morgan fingerprint density at radius 2 is 2.00 bits per heavy atom. The van der Waals surface area contributed by atoms with Gasteiger partial charge in [-0.2, -0.15) is 0 Å². The van der Waals surface area contributed by atoms with Gasteiger partial charge in [-0.25, -0.2) is 4.39 Å². The molecule has 0 aliphatic heterocycles. The molecular formula is C17H19FINO. The number of nitrogens with one attached hydrogen (secondary N) is 1. The van der Waals surface area contributed by atoms with Crippen LogP contribution < -0.4 is 10.1 Å². The second-order valence-electron chi connectivity index (χ2n) is 4.89. The van der Waals surface area contributed by atoms with Crippen LogP contribution in [0.1, 0.15) is 31.9 Å². The summed E-state index contributed by atoms with van der Waals surface area (Å²) in [5.74, 6) is 1.04. The Morgan fingerprint density at radius 1 is 1.24 bits per heavy atom. The molecule has 0 saturated carbocycles. The van der Waals surface area contributed by atoms with Crippen LogP contribution in [-0.2, 0) is 0 Å². The fourth-order valence-electron chi connectivity index (χ4n) is 2.15. The first-order valence-electron chi connectivity index (χ1n) is 7.07. The molecule has 2 aromatic carbocycles. The number of hydrogen-bond acceptors (Lipinski definition) is 2. The van der Waals surface area contributed by atoms with Crippen molar-refractivity contribution >= 4 is 22.6 Å². The maximum Gasteiger partial charge on any atom is 0.135 e. The predicted molar refractivity (Wildman–Crippen MR) is 92.3 cm³/mol. The highest BCUT2D eigenvalue weighted by Crippen LogP contribution is 2.32. The van der Waals surface area contributed by atoms with E-state index < -0.39 is 0 Å². The van der Waals surface area contributed by atoms with E-state index in [1.165, 1.54) is 6.07 Å². The first kappa shape index (κ1) is 16.2. The van der Waals surface area contributed by atoms with Gasteiger partial charge in [-0.3, -0.25) is 0 Å². The Kier molecular flexibility index (Phi) is 5.99. The van der Waals surface area contributed by atoms with Crippen molar-refractivity contribution in [1.82, 2.24) is 5.32 Å². The van der Waals surface area contributed by atoms with Crippen LogP contribution in [0, 0.1) is 9.39 Å². The van der Waals surface area contributed by atoms with Crippen LogP contribution in [-0.4, -0.2) is 6.54 Å². The van der Waals surface area contributed by atoms with E-state index in [1.807, 2.05) is 37.3 Å². The van der Waals surface area contributed by atoms with Gasteiger partial charge in [-0.15, -0.1) is 0 Å². The van der Waals surface area contributed by atoms with Crippen LogP contribution in [0.2, 0.25) is 0 Å². The lowest BCUT2D eigenvalue weighted by Crippen LogP contribution is -2.20. The minimum atomic E-state index is -0.241.